The van der Waals surface area contributed by atoms with Crippen molar-refractivity contribution in [3.05, 3.63) is 46.5 Å². The molecule has 1 fully saturated rings. The molecule has 1 N–H and O–H groups in total. The summed E-state index contributed by atoms with van der Waals surface area (Å²) in [5.74, 6) is 4.77. The minimum atomic E-state index is 0.344. The zero-order chi connectivity index (χ0) is 25.9. The van der Waals surface area contributed by atoms with Crippen molar-refractivity contribution < 1.29 is 18.9 Å². The second-order valence-corrected chi connectivity index (χ2v) is 10.9. The molecule has 0 amide bonds. The lowest BCUT2D eigenvalue weighted by molar-refractivity contribution is 0.0434. The molecule has 5 rings (SSSR count). The molecule has 2 aromatic rings. The number of rotatable bonds is 9. The quantitative estimate of drug-likeness (QED) is 0.467. The Morgan fingerprint density at radius 3 is 2.24 bits per heavy atom. The highest BCUT2D eigenvalue weighted by atomic mass is 16.5. The number of fused-ring (bicyclic) bond motifs is 4. The molecule has 2 aromatic carbocycles. The number of piperidine rings is 1. The highest BCUT2D eigenvalue weighted by molar-refractivity contribution is 5.51. The first kappa shape index (κ1) is 26.2. The Kier molecular flexibility index (Phi) is 8.15. The third kappa shape index (κ3) is 5.15. The van der Waals surface area contributed by atoms with E-state index in [0.717, 1.165) is 61.8 Å². The van der Waals surface area contributed by atoms with E-state index < -0.39 is 0 Å². The highest BCUT2D eigenvalue weighted by Gasteiger charge is 2.40. The van der Waals surface area contributed by atoms with Gasteiger partial charge in [0.1, 0.15) is 0 Å². The maximum atomic E-state index is 6.02. The van der Waals surface area contributed by atoms with Crippen molar-refractivity contribution in [1.29, 1.82) is 0 Å². The molecule has 0 unspecified atom stereocenters. The molecule has 0 aromatic heterocycles. The Labute approximate surface area is 222 Å². The largest absolute Gasteiger partial charge is 0.493 e. The molecular weight excluding hydrogens is 464 g/mol. The maximum absolute atomic E-state index is 6.02. The molecule has 0 aliphatic carbocycles. The summed E-state index contributed by atoms with van der Waals surface area (Å²) >= 11 is 0. The Morgan fingerprint density at radius 2 is 1.51 bits per heavy atom. The Bertz CT molecular complexity index is 1090. The number of hydrogen-bond acceptors (Lipinski definition) is 6. The van der Waals surface area contributed by atoms with Crippen molar-refractivity contribution in [1.82, 2.24) is 10.2 Å². The number of ether oxygens (including phenoxy) is 4. The summed E-state index contributed by atoms with van der Waals surface area (Å²) in [6, 6.07) is 9.70. The van der Waals surface area contributed by atoms with Gasteiger partial charge in [-0.05, 0) is 97.0 Å². The van der Waals surface area contributed by atoms with Crippen LogP contribution in [0.3, 0.4) is 0 Å². The summed E-state index contributed by atoms with van der Waals surface area (Å²) < 4.78 is 23.1. The lowest BCUT2D eigenvalue weighted by atomic mass is 9.72. The van der Waals surface area contributed by atoms with Crippen LogP contribution in [0.1, 0.15) is 73.9 Å². The first-order chi connectivity index (χ1) is 18.1. The van der Waals surface area contributed by atoms with E-state index in [4.69, 9.17) is 18.9 Å². The Hall–Kier alpha value is -2.44. The van der Waals surface area contributed by atoms with Crippen LogP contribution in [0.25, 0.3) is 0 Å². The fourth-order valence-electron chi connectivity index (χ4n) is 6.90. The number of nitrogens with one attached hydrogen (secondary N) is 1. The summed E-state index contributed by atoms with van der Waals surface area (Å²) in [6.07, 6.45) is 6.66. The van der Waals surface area contributed by atoms with Crippen LogP contribution in [-0.2, 0) is 12.8 Å². The smallest absolute Gasteiger partial charge is 0.161 e. The minimum absolute atomic E-state index is 0.344. The van der Waals surface area contributed by atoms with Gasteiger partial charge in [0, 0.05) is 25.2 Å². The van der Waals surface area contributed by atoms with E-state index in [0.29, 0.717) is 30.5 Å². The van der Waals surface area contributed by atoms with E-state index >= 15 is 0 Å². The van der Waals surface area contributed by atoms with Gasteiger partial charge in [-0.2, -0.15) is 0 Å². The standard InChI is InChI=1S/C31H44N2O4/c1-6-12-37-31-16-21-8-10-32-26(24(21)17-30(31)36-5)13-23-14-27-25-18-29(35-4)28(34-3)15-22(25)9-11-33(27)19-20(23)7-2/h15-18,20,23,26-27,32H,6-14,19H2,1-5H3/t20-,23-,26+,27-/m0/s1. The molecule has 37 heavy (non-hydrogen) atoms. The van der Waals surface area contributed by atoms with Crippen molar-refractivity contribution in [2.75, 3.05) is 47.6 Å². The van der Waals surface area contributed by atoms with Crippen LogP contribution in [-0.4, -0.2) is 52.5 Å². The molecule has 0 bridgehead atoms. The monoisotopic (exact) mass is 508 g/mol. The first-order valence-corrected chi connectivity index (χ1v) is 14.2. The van der Waals surface area contributed by atoms with Gasteiger partial charge in [0.25, 0.3) is 0 Å². The van der Waals surface area contributed by atoms with E-state index in [9.17, 15) is 0 Å². The van der Waals surface area contributed by atoms with Gasteiger partial charge in [0.2, 0.25) is 0 Å². The van der Waals surface area contributed by atoms with Crippen molar-refractivity contribution in [3.8, 4) is 23.0 Å². The third-order valence-electron chi connectivity index (χ3n) is 8.89. The van der Waals surface area contributed by atoms with Crippen LogP contribution in [0.15, 0.2) is 24.3 Å². The molecule has 3 aliphatic rings. The second kappa shape index (κ2) is 11.5. The van der Waals surface area contributed by atoms with E-state index in [1.54, 1.807) is 21.3 Å². The lowest BCUT2D eigenvalue weighted by Gasteiger charge is -2.48. The van der Waals surface area contributed by atoms with Gasteiger partial charge in [0.15, 0.2) is 23.0 Å². The predicted molar refractivity (Wildman–Crippen MR) is 147 cm³/mol. The molecule has 0 saturated carbocycles. The SMILES string of the molecule is CCCOc1cc2c(cc1OC)[C@@H](C[C@H]1C[C@H]3c4cc(OC)c(OC)cc4CCN3C[C@@H]1CC)NCC2. The Morgan fingerprint density at radius 1 is 0.838 bits per heavy atom. The average molecular weight is 509 g/mol. The Balaban J connectivity index is 1.41. The zero-order valence-corrected chi connectivity index (χ0v) is 23.3. The average Bonchev–Trinajstić information content (AvgIpc) is 2.94. The van der Waals surface area contributed by atoms with Crippen LogP contribution in [0.2, 0.25) is 0 Å². The summed E-state index contributed by atoms with van der Waals surface area (Å²) in [5, 5.41) is 3.86. The maximum Gasteiger partial charge on any atom is 0.161 e. The van der Waals surface area contributed by atoms with E-state index in [1.807, 2.05) is 0 Å². The van der Waals surface area contributed by atoms with Crippen LogP contribution in [0.4, 0.5) is 0 Å². The van der Waals surface area contributed by atoms with E-state index in [1.165, 1.54) is 41.6 Å². The number of hydrogen-bond donors (Lipinski definition) is 1. The van der Waals surface area contributed by atoms with Crippen LogP contribution in [0, 0.1) is 11.8 Å². The van der Waals surface area contributed by atoms with E-state index in [-0.39, 0.29) is 0 Å². The van der Waals surface area contributed by atoms with Gasteiger partial charge in [0.05, 0.1) is 27.9 Å². The van der Waals surface area contributed by atoms with Crippen molar-refractivity contribution in [3.63, 3.8) is 0 Å². The van der Waals surface area contributed by atoms with Gasteiger partial charge < -0.3 is 24.3 Å². The van der Waals surface area contributed by atoms with Crippen molar-refractivity contribution >= 4 is 0 Å². The zero-order valence-electron chi connectivity index (χ0n) is 23.3. The molecule has 4 atom stereocenters. The first-order valence-electron chi connectivity index (χ1n) is 14.2. The molecule has 3 aliphatic heterocycles. The normalized spacial score (nSPS) is 25.0. The van der Waals surface area contributed by atoms with Crippen molar-refractivity contribution in [2.45, 2.75) is 64.5 Å². The summed E-state index contributed by atoms with van der Waals surface area (Å²) in [7, 11) is 5.21. The lowest BCUT2D eigenvalue weighted by Crippen LogP contribution is -2.46. The fourth-order valence-corrected chi connectivity index (χ4v) is 6.90. The van der Waals surface area contributed by atoms with Crippen LogP contribution < -0.4 is 24.3 Å². The molecule has 202 valence electrons. The van der Waals surface area contributed by atoms with Gasteiger partial charge in [-0.25, -0.2) is 0 Å². The molecule has 6 heteroatoms. The highest BCUT2D eigenvalue weighted by Crippen LogP contribution is 2.48. The third-order valence-corrected chi connectivity index (χ3v) is 8.89. The summed E-state index contributed by atoms with van der Waals surface area (Å²) in [6.45, 7) is 8.53. The minimum Gasteiger partial charge on any atom is -0.493 e. The number of benzene rings is 2. The summed E-state index contributed by atoms with van der Waals surface area (Å²) in [5.41, 5.74) is 5.64. The van der Waals surface area contributed by atoms with Gasteiger partial charge in [-0.15, -0.1) is 0 Å². The van der Waals surface area contributed by atoms with E-state index in [2.05, 4.69) is 48.3 Å². The van der Waals surface area contributed by atoms with Crippen LogP contribution in [0.5, 0.6) is 23.0 Å². The number of nitrogens with zero attached hydrogens (tertiary/aromatic N) is 1. The van der Waals surface area contributed by atoms with Crippen LogP contribution >= 0.6 is 0 Å². The topological polar surface area (TPSA) is 52.2 Å². The van der Waals surface area contributed by atoms with Crippen molar-refractivity contribution in [2.24, 2.45) is 11.8 Å². The summed E-state index contributed by atoms with van der Waals surface area (Å²) in [4.78, 5) is 2.72. The number of methoxy groups -OCH3 is 3. The second-order valence-electron chi connectivity index (χ2n) is 10.9. The molecular formula is C31H44N2O4. The van der Waals surface area contributed by atoms with Gasteiger partial charge in [-0.3, -0.25) is 4.90 Å². The van der Waals surface area contributed by atoms with Gasteiger partial charge >= 0.3 is 0 Å². The molecule has 6 nitrogen and oxygen atoms in total. The molecule has 0 spiro atoms. The molecule has 1 saturated heterocycles. The molecule has 3 heterocycles. The fraction of sp³-hybridized carbons (Fsp3) is 0.613. The molecule has 0 radical (unpaired) electrons. The van der Waals surface area contributed by atoms with Gasteiger partial charge in [-0.1, -0.05) is 20.3 Å². The predicted octanol–water partition coefficient (Wildman–Crippen LogP) is 5.72.